The highest BCUT2D eigenvalue weighted by Crippen LogP contribution is 2.24. The van der Waals surface area contributed by atoms with Gasteiger partial charge in [-0.25, -0.2) is 0 Å². The molecule has 2 aromatic carbocycles. The molecule has 3 rings (SSSR count). The molecule has 5 heteroatoms. The first-order chi connectivity index (χ1) is 12.7. The maximum atomic E-state index is 11.7. The molecule has 3 N–H and O–H groups in total. The third-order valence-electron chi connectivity index (χ3n) is 5.15. The Hall–Kier alpha value is -2.11. The van der Waals surface area contributed by atoms with Crippen molar-refractivity contribution in [1.82, 2.24) is 10.2 Å². The van der Waals surface area contributed by atoms with Gasteiger partial charge in [0.25, 0.3) is 0 Å². The predicted molar refractivity (Wildman–Crippen MR) is 105 cm³/mol. The SMILES string of the molecule is COc1ccc2cc(CN3CCCCC3CNC(=O)CCN)ccc2c1. The van der Waals surface area contributed by atoms with Crippen molar-refractivity contribution in [2.75, 3.05) is 26.7 Å². The highest BCUT2D eigenvalue weighted by Gasteiger charge is 2.22. The molecule has 0 spiro atoms. The van der Waals surface area contributed by atoms with Gasteiger partial charge < -0.3 is 15.8 Å². The zero-order chi connectivity index (χ0) is 18.4. The second-order valence-electron chi connectivity index (χ2n) is 7.01. The van der Waals surface area contributed by atoms with E-state index in [0.717, 1.165) is 25.3 Å². The average Bonchev–Trinajstić information content (AvgIpc) is 2.67. The van der Waals surface area contributed by atoms with Crippen LogP contribution < -0.4 is 15.8 Å². The lowest BCUT2D eigenvalue weighted by atomic mass is 10.00. The number of rotatable bonds is 7. The van der Waals surface area contributed by atoms with E-state index in [1.165, 1.54) is 29.2 Å². The molecule has 1 unspecified atom stereocenters. The van der Waals surface area contributed by atoms with Gasteiger partial charge in [-0.15, -0.1) is 0 Å². The second kappa shape index (κ2) is 9.01. The molecule has 26 heavy (non-hydrogen) atoms. The minimum absolute atomic E-state index is 0.0534. The van der Waals surface area contributed by atoms with Gasteiger partial charge in [-0.05, 0) is 53.9 Å². The molecule has 0 aliphatic carbocycles. The lowest BCUT2D eigenvalue weighted by Gasteiger charge is -2.36. The molecule has 1 amide bonds. The van der Waals surface area contributed by atoms with E-state index >= 15 is 0 Å². The van der Waals surface area contributed by atoms with Crippen LogP contribution in [0.3, 0.4) is 0 Å². The van der Waals surface area contributed by atoms with Gasteiger partial charge in [0.1, 0.15) is 5.75 Å². The Bertz CT molecular complexity index is 747. The first kappa shape index (κ1) is 18.7. The summed E-state index contributed by atoms with van der Waals surface area (Å²) in [6, 6.07) is 13.2. The average molecular weight is 355 g/mol. The lowest BCUT2D eigenvalue weighted by Crippen LogP contribution is -2.46. The molecule has 1 saturated heterocycles. The number of benzene rings is 2. The summed E-state index contributed by atoms with van der Waals surface area (Å²) in [7, 11) is 1.69. The van der Waals surface area contributed by atoms with Crippen molar-refractivity contribution in [1.29, 1.82) is 0 Å². The first-order valence-electron chi connectivity index (χ1n) is 9.47. The summed E-state index contributed by atoms with van der Waals surface area (Å²) in [5.74, 6) is 0.937. The number of hydrogen-bond donors (Lipinski definition) is 2. The van der Waals surface area contributed by atoms with E-state index < -0.39 is 0 Å². The van der Waals surface area contributed by atoms with E-state index in [1.807, 2.05) is 6.07 Å². The van der Waals surface area contributed by atoms with Crippen molar-refractivity contribution in [3.05, 3.63) is 42.0 Å². The third-order valence-corrected chi connectivity index (χ3v) is 5.15. The number of ether oxygens (including phenoxy) is 1. The summed E-state index contributed by atoms with van der Waals surface area (Å²) >= 11 is 0. The molecule has 0 bridgehead atoms. The fraction of sp³-hybridized carbons (Fsp3) is 0.476. The summed E-state index contributed by atoms with van der Waals surface area (Å²) in [5, 5.41) is 5.46. The number of likely N-dealkylation sites (tertiary alicyclic amines) is 1. The number of nitrogens with two attached hydrogens (primary N) is 1. The Morgan fingerprint density at radius 1 is 1.23 bits per heavy atom. The maximum absolute atomic E-state index is 11.7. The number of hydrogen-bond acceptors (Lipinski definition) is 4. The van der Waals surface area contributed by atoms with Gasteiger partial charge in [0.2, 0.25) is 5.91 Å². The van der Waals surface area contributed by atoms with Gasteiger partial charge in [0, 0.05) is 32.1 Å². The van der Waals surface area contributed by atoms with Crippen molar-refractivity contribution >= 4 is 16.7 Å². The smallest absolute Gasteiger partial charge is 0.221 e. The molecule has 5 nitrogen and oxygen atoms in total. The third kappa shape index (κ3) is 4.74. The topological polar surface area (TPSA) is 67.6 Å². The van der Waals surface area contributed by atoms with Crippen LogP contribution in [0.25, 0.3) is 10.8 Å². The zero-order valence-corrected chi connectivity index (χ0v) is 15.5. The summed E-state index contributed by atoms with van der Waals surface area (Å²) in [5.41, 5.74) is 6.76. The quantitative estimate of drug-likeness (QED) is 0.801. The molecule has 1 aliphatic heterocycles. The molecule has 1 aliphatic rings. The number of carbonyl (C=O) groups is 1. The second-order valence-corrected chi connectivity index (χ2v) is 7.01. The van der Waals surface area contributed by atoms with Crippen LogP contribution in [0.15, 0.2) is 36.4 Å². The standard InChI is InChI=1S/C21H29N3O2/c1-26-20-8-7-17-12-16(5-6-18(17)13-20)15-24-11-3-2-4-19(24)14-23-21(25)9-10-22/h5-8,12-13,19H,2-4,9-11,14-15,22H2,1H3,(H,23,25). The lowest BCUT2D eigenvalue weighted by molar-refractivity contribution is -0.121. The molecule has 1 atom stereocenters. The van der Waals surface area contributed by atoms with E-state index in [4.69, 9.17) is 10.5 Å². The van der Waals surface area contributed by atoms with Gasteiger partial charge in [0.15, 0.2) is 0 Å². The predicted octanol–water partition coefficient (Wildman–Crippen LogP) is 2.67. The maximum Gasteiger partial charge on any atom is 0.221 e. The molecule has 0 saturated carbocycles. The Labute approximate surface area is 155 Å². The number of methoxy groups -OCH3 is 1. The van der Waals surface area contributed by atoms with E-state index in [-0.39, 0.29) is 5.91 Å². The molecule has 140 valence electrons. The van der Waals surface area contributed by atoms with Crippen molar-refractivity contribution < 1.29 is 9.53 Å². The normalized spacial score (nSPS) is 18.0. The van der Waals surface area contributed by atoms with E-state index in [1.54, 1.807) is 7.11 Å². The van der Waals surface area contributed by atoms with Crippen LogP contribution in [-0.2, 0) is 11.3 Å². The number of nitrogens with zero attached hydrogens (tertiary/aromatic N) is 1. The number of carbonyl (C=O) groups excluding carboxylic acids is 1. The monoisotopic (exact) mass is 355 g/mol. The minimum Gasteiger partial charge on any atom is -0.497 e. The molecule has 0 aromatic heterocycles. The van der Waals surface area contributed by atoms with Gasteiger partial charge in [-0.2, -0.15) is 0 Å². The van der Waals surface area contributed by atoms with Crippen LogP contribution in [0.1, 0.15) is 31.2 Å². The number of piperidine rings is 1. The Morgan fingerprint density at radius 3 is 2.85 bits per heavy atom. The zero-order valence-electron chi connectivity index (χ0n) is 15.5. The van der Waals surface area contributed by atoms with Crippen LogP contribution in [0.4, 0.5) is 0 Å². The molecule has 1 fully saturated rings. The number of fused-ring (bicyclic) bond motifs is 1. The Balaban J connectivity index is 1.67. The Morgan fingerprint density at radius 2 is 2.04 bits per heavy atom. The summed E-state index contributed by atoms with van der Waals surface area (Å²) < 4.78 is 5.30. The minimum atomic E-state index is 0.0534. The van der Waals surface area contributed by atoms with Gasteiger partial charge in [0.05, 0.1) is 7.11 Å². The highest BCUT2D eigenvalue weighted by molar-refractivity contribution is 5.84. The van der Waals surface area contributed by atoms with E-state index in [2.05, 4.69) is 40.5 Å². The van der Waals surface area contributed by atoms with Crippen molar-refractivity contribution in [2.24, 2.45) is 5.73 Å². The highest BCUT2D eigenvalue weighted by atomic mass is 16.5. The number of amides is 1. The fourth-order valence-corrected chi connectivity index (χ4v) is 3.68. The van der Waals surface area contributed by atoms with Crippen LogP contribution in [0, 0.1) is 0 Å². The van der Waals surface area contributed by atoms with Gasteiger partial charge >= 0.3 is 0 Å². The Kier molecular flexibility index (Phi) is 6.47. The van der Waals surface area contributed by atoms with Gasteiger partial charge in [-0.3, -0.25) is 9.69 Å². The molecular formula is C21H29N3O2. The largest absolute Gasteiger partial charge is 0.497 e. The van der Waals surface area contributed by atoms with Crippen molar-refractivity contribution in [2.45, 2.75) is 38.3 Å². The first-order valence-corrected chi connectivity index (χ1v) is 9.47. The van der Waals surface area contributed by atoms with Crippen molar-refractivity contribution in [3.8, 4) is 5.75 Å². The summed E-state index contributed by atoms with van der Waals surface area (Å²) in [4.78, 5) is 14.2. The van der Waals surface area contributed by atoms with Crippen LogP contribution in [0.2, 0.25) is 0 Å². The molecule has 1 heterocycles. The van der Waals surface area contributed by atoms with Crippen molar-refractivity contribution in [3.63, 3.8) is 0 Å². The van der Waals surface area contributed by atoms with E-state index in [0.29, 0.717) is 25.6 Å². The summed E-state index contributed by atoms with van der Waals surface area (Å²) in [6.07, 6.45) is 3.98. The molecule has 2 aromatic rings. The van der Waals surface area contributed by atoms with E-state index in [9.17, 15) is 4.79 Å². The number of nitrogens with one attached hydrogen (secondary N) is 1. The fourth-order valence-electron chi connectivity index (χ4n) is 3.68. The van der Waals surface area contributed by atoms with Gasteiger partial charge in [-0.1, -0.05) is 24.6 Å². The van der Waals surface area contributed by atoms with Crippen LogP contribution in [0.5, 0.6) is 5.75 Å². The molecule has 0 radical (unpaired) electrons. The molecular weight excluding hydrogens is 326 g/mol. The van der Waals surface area contributed by atoms with Crippen LogP contribution >= 0.6 is 0 Å². The van der Waals surface area contributed by atoms with Crippen LogP contribution in [-0.4, -0.2) is 43.6 Å². The summed E-state index contributed by atoms with van der Waals surface area (Å²) in [6.45, 7) is 3.11.